The number of pyridine rings is 1. The number of benzene rings is 1. The summed E-state index contributed by atoms with van der Waals surface area (Å²) in [7, 11) is 0. The number of halogens is 4. The molecule has 0 fully saturated rings. The fraction of sp³-hybridized carbons (Fsp3) is 0. The van der Waals surface area contributed by atoms with Crippen LogP contribution in [0, 0.1) is 11.8 Å². The lowest BCUT2D eigenvalue weighted by Crippen LogP contribution is -1.92. The first-order valence-corrected chi connectivity index (χ1v) is 5.10. The van der Waals surface area contributed by atoms with E-state index in [2.05, 4.69) is 4.98 Å². The highest BCUT2D eigenvalue weighted by Crippen LogP contribution is 2.35. The minimum atomic E-state index is -0.809. The van der Waals surface area contributed by atoms with Crippen molar-refractivity contribution in [2.75, 3.05) is 0 Å². The van der Waals surface area contributed by atoms with Gasteiger partial charge in [0.15, 0.2) is 0 Å². The van der Waals surface area contributed by atoms with Gasteiger partial charge in [-0.25, -0.2) is 9.37 Å². The number of nitrogens with zero attached hydrogens (tertiary/aromatic N) is 1. The number of hydrogen-bond donors (Lipinski definition) is 0. The van der Waals surface area contributed by atoms with Gasteiger partial charge in [-0.05, 0) is 18.2 Å². The second-order valence-corrected chi connectivity index (χ2v) is 3.90. The molecule has 5 heteroatoms. The van der Waals surface area contributed by atoms with Crippen molar-refractivity contribution in [3.8, 4) is 11.1 Å². The Morgan fingerprint density at radius 2 is 1.69 bits per heavy atom. The van der Waals surface area contributed by atoms with Gasteiger partial charge in [-0.3, -0.25) is 0 Å². The normalized spacial score (nSPS) is 10.5. The lowest BCUT2D eigenvalue weighted by atomic mass is 10.1. The molecule has 0 aliphatic carbocycles. The molecule has 1 aromatic heterocycles. The summed E-state index contributed by atoms with van der Waals surface area (Å²) in [6.07, 6.45) is 0.795. The maximum Gasteiger partial charge on any atom is 0.221 e. The number of rotatable bonds is 1. The van der Waals surface area contributed by atoms with Crippen molar-refractivity contribution in [2.24, 2.45) is 0 Å². The molecule has 0 radical (unpaired) electrons. The van der Waals surface area contributed by atoms with Crippen LogP contribution in [-0.2, 0) is 0 Å². The first-order valence-electron chi connectivity index (χ1n) is 4.35. The summed E-state index contributed by atoms with van der Waals surface area (Å²) in [5.74, 6) is -1.45. The fourth-order valence-corrected chi connectivity index (χ4v) is 1.95. The molecule has 1 nitrogen and oxygen atoms in total. The monoisotopic (exact) mass is 259 g/mol. The van der Waals surface area contributed by atoms with Crippen LogP contribution >= 0.6 is 23.2 Å². The zero-order valence-corrected chi connectivity index (χ0v) is 9.36. The first-order chi connectivity index (χ1) is 7.59. The molecule has 0 atom stereocenters. The Bertz CT molecular complexity index is 523. The minimum Gasteiger partial charge on any atom is -0.225 e. The fourth-order valence-electron chi connectivity index (χ4n) is 1.35. The van der Waals surface area contributed by atoms with Crippen molar-refractivity contribution in [2.45, 2.75) is 0 Å². The van der Waals surface area contributed by atoms with Gasteiger partial charge in [-0.2, -0.15) is 4.39 Å². The molecule has 16 heavy (non-hydrogen) atoms. The molecule has 0 amide bonds. The van der Waals surface area contributed by atoms with Gasteiger partial charge in [-0.1, -0.05) is 29.3 Å². The molecule has 0 spiro atoms. The number of hydrogen-bond acceptors (Lipinski definition) is 1. The van der Waals surface area contributed by atoms with E-state index in [-0.39, 0.29) is 21.2 Å². The predicted octanol–water partition coefficient (Wildman–Crippen LogP) is 4.33. The minimum absolute atomic E-state index is 0.0457. The smallest absolute Gasteiger partial charge is 0.221 e. The maximum atomic E-state index is 13.4. The van der Waals surface area contributed by atoms with Crippen LogP contribution in [0.15, 0.2) is 30.5 Å². The van der Waals surface area contributed by atoms with E-state index in [1.807, 2.05) is 0 Å². The quantitative estimate of drug-likeness (QED) is 0.695. The molecule has 1 heterocycles. The van der Waals surface area contributed by atoms with E-state index in [1.165, 1.54) is 0 Å². The van der Waals surface area contributed by atoms with Crippen LogP contribution in [0.25, 0.3) is 11.1 Å². The Morgan fingerprint density at radius 1 is 1.06 bits per heavy atom. The van der Waals surface area contributed by atoms with Crippen LogP contribution in [0.2, 0.25) is 10.0 Å². The third-order valence-corrected chi connectivity index (χ3v) is 2.67. The van der Waals surface area contributed by atoms with Gasteiger partial charge in [0.1, 0.15) is 5.82 Å². The average Bonchev–Trinajstić information content (AvgIpc) is 2.23. The molecular weight excluding hydrogens is 255 g/mol. The molecule has 2 rings (SSSR count). The van der Waals surface area contributed by atoms with Crippen LogP contribution in [0.1, 0.15) is 0 Å². The molecule has 82 valence electrons. The highest BCUT2D eigenvalue weighted by Gasteiger charge is 2.14. The second-order valence-electron chi connectivity index (χ2n) is 3.09. The van der Waals surface area contributed by atoms with Crippen molar-refractivity contribution in [3.05, 3.63) is 52.3 Å². The van der Waals surface area contributed by atoms with Gasteiger partial charge >= 0.3 is 0 Å². The molecule has 0 unspecified atom stereocenters. The van der Waals surface area contributed by atoms with E-state index in [0.717, 1.165) is 12.3 Å². The lowest BCUT2D eigenvalue weighted by molar-refractivity contribution is 0.563. The molecular formula is C11H5Cl2F2N. The van der Waals surface area contributed by atoms with Crippen molar-refractivity contribution in [1.29, 1.82) is 0 Å². The van der Waals surface area contributed by atoms with E-state index >= 15 is 0 Å². The van der Waals surface area contributed by atoms with E-state index in [9.17, 15) is 8.78 Å². The first kappa shape index (κ1) is 11.3. The van der Waals surface area contributed by atoms with Crippen molar-refractivity contribution in [3.63, 3.8) is 0 Å². The third kappa shape index (κ3) is 2.01. The molecule has 1 aromatic carbocycles. The molecule has 0 saturated heterocycles. The molecule has 2 aromatic rings. The summed E-state index contributed by atoms with van der Waals surface area (Å²) in [6, 6.07) is 5.73. The summed E-state index contributed by atoms with van der Waals surface area (Å²) in [5.41, 5.74) is 0.200. The average molecular weight is 260 g/mol. The zero-order valence-electron chi connectivity index (χ0n) is 7.85. The third-order valence-electron chi connectivity index (χ3n) is 2.04. The van der Waals surface area contributed by atoms with Gasteiger partial charge in [0.25, 0.3) is 0 Å². The van der Waals surface area contributed by atoms with Crippen molar-refractivity contribution < 1.29 is 8.78 Å². The van der Waals surface area contributed by atoms with Crippen LogP contribution in [0.4, 0.5) is 8.78 Å². The van der Waals surface area contributed by atoms with Crippen molar-refractivity contribution in [1.82, 2.24) is 4.98 Å². The topological polar surface area (TPSA) is 12.9 Å². The van der Waals surface area contributed by atoms with Gasteiger partial charge in [-0.15, -0.1) is 0 Å². The van der Waals surface area contributed by atoms with E-state index in [0.29, 0.717) is 0 Å². The Morgan fingerprint density at radius 3 is 2.31 bits per heavy atom. The van der Waals surface area contributed by atoms with E-state index in [4.69, 9.17) is 23.2 Å². The summed E-state index contributed by atoms with van der Waals surface area (Å²) in [6.45, 7) is 0. The molecule has 0 saturated carbocycles. The van der Waals surface area contributed by atoms with Crippen LogP contribution in [0.5, 0.6) is 0 Å². The van der Waals surface area contributed by atoms with E-state index in [1.54, 1.807) is 18.2 Å². The number of aromatic nitrogens is 1. The molecule has 0 bridgehead atoms. The summed E-state index contributed by atoms with van der Waals surface area (Å²) in [5, 5.41) is 0.498. The summed E-state index contributed by atoms with van der Waals surface area (Å²) in [4.78, 5) is 3.28. The molecule has 0 aliphatic heterocycles. The maximum absolute atomic E-state index is 13.4. The van der Waals surface area contributed by atoms with Crippen LogP contribution in [-0.4, -0.2) is 4.98 Å². The van der Waals surface area contributed by atoms with Gasteiger partial charge in [0.05, 0.1) is 16.2 Å². The Labute approximate surface area is 101 Å². The largest absolute Gasteiger partial charge is 0.225 e. The highest BCUT2D eigenvalue weighted by molar-refractivity contribution is 6.39. The zero-order chi connectivity index (χ0) is 11.7. The summed E-state index contributed by atoms with van der Waals surface area (Å²) >= 11 is 11.8. The molecule has 0 aliphatic rings. The predicted molar refractivity (Wildman–Crippen MR) is 59.6 cm³/mol. The lowest BCUT2D eigenvalue weighted by Gasteiger charge is -2.07. The Kier molecular flexibility index (Phi) is 3.08. The SMILES string of the molecule is Fc1cnc(F)c(-c2c(Cl)cccc2Cl)c1. The standard InChI is InChI=1S/C11H5Cl2F2N/c12-8-2-1-3-9(13)10(8)7-4-6(14)5-16-11(7)15/h1-5H. The van der Waals surface area contributed by atoms with Gasteiger partial charge in [0.2, 0.25) is 5.95 Å². The van der Waals surface area contributed by atoms with Crippen LogP contribution in [0.3, 0.4) is 0 Å². The van der Waals surface area contributed by atoms with Crippen molar-refractivity contribution >= 4 is 23.2 Å². The van der Waals surface area contributed by atoms with E-state index < -0.39 is 11.8 Å². The summed E-state index contributed by atoms with van der Waals surface area (Å²) < 4.78 is 26.4. The second kappa shape index (κ2) is 4.36. The Balaban J connectivity index is 2.72. The van der Waals surface area contributed by atoms with Gasteiger partial charge < -0.3 is 0 Å². The Hall–Kier alpha value is -1.19. The highest BCUT2D eigenvalue weighted by atomic mass is 35.5. The molecule has 0 N–H and O–H groups in total. The van der Waals surface area contributed by atoms with Gasteiger partial charge in [0, 0.05) is 11.1 Å². The van der Waals surface area contributed by atoms with Crippen LogP contribution < -0.4 is 0 Å².